The number of aliphatic carboxylic acids is 1. The first-order valence-corrected chi connectivity index (χ1v) is 11.2. The smallest absolute Gasteiger partial charge is 0.480 e. The van der Waals surface area contributed by atoms with Crippen LogP contribution in [0.3, 0.4) is 0 Å². The third-order valence-corrected chi connectivity index (χ3v) is 5.83. The second-order valence-corrected chi connectivity index (χ2v) is 8.95. The van der Waals surface area contributed by atoms with Crippen molar-refractivity contribution >= 4 is 29.0 Å². The van der Waals surface area contributed by atoms with Gasteiger partial charge in [0.2, 0.25) is 0 Å². The fourth-order valence-corrected chi connectivity index (χ4v) is 4.45. The van der Waals surface area contributed by atoms with Gasteiger partial charge in [0.25, 0.3) is 0 Å². The molecule has 0 amide bonds. The number of rotatable bonds is 8. The third-order valence-electron chi connectivity index (χ3n) is 5.75. The van der Waals surface area contributed by atoms with Gasteiger partial charge in [-0.15, -0.1) is 8.78 Å². The zero-order valence-corrected chi connectivity index (χ0v) is 19.7. The topological polar surface area (TPSA) is 92.6 Å². The highest BCUT2D eigenvalue weighted by Crippen LogP contribution is 2.43. The van der Waals surface area contributed by atoms with Crippen molar-refractivity contribution in [2.75, 3.05) is 4.90 Å². The summed E-state index contributed by atoms with van der Waals surface area (Å²) >= 11 is 4.78. The molecular weight excluding hydrogens is 480 g/mol. The first kappa shape index (κ1) is 24.5. The van der Waals surface area contributed by atoms with Crippen LogP contribution in [0.2, 0.25) is 0 Å². The van der Waals surface area contributed by atoms with E-state index in [4.69, 9.17) is 11.6 Å². The van der Waals surface area contributed by atoms with Crippen molar-refractivity contribution in [1.82, 2.24) is 9.97 Å². The molecule has 182 valence electrons. The quantitative estimate of drug-likeness (QED) is 0.344. The molecule has 0 saturated carbocycles. The van der Waals surface area contributed by atoms with E-state index in [1.165, 1.54) is 30.6 Å². The van der Waals surface area contributed by atoms with Gasteiger partial charge < -0.3 is 14.7 Å². The summed E-state index contributed by atoms with van der Waals surface area (Å²) in [6, 6.07) is 8.25. The number of halogens is 3. The van der Waals surface area contributed by atoms with Crippen LogP contribution in [-0.4, -0.2) is 44.5 Å². The van der Waals surface area contributed by atoms with Gasteiger partial charge in [0.15, 0.2) is 5.78 Å². The van der Waals surface area contributed by atoms with E-state index >= 15 is 0 Å². The maximum atomic E-state index is 13.2. The predicted molar refractivity (Wildman–Crippen MR) is 126 cm³/mol. The van der Waals surface area contributed by atoms with E-state index < -0.39 is 17.6 Å². The van der Waals surface area contributed by atoms with Gasteiger partial charge in [-0.1, -0.05) is 12.1 Å². The summed E-state index contributed by atoms with van der Waals surface area (Å²) in [5.41, 5.74) is 0.0287. The van der Waals surface area contributed by atoms with Gasteiger partial charge >= 0.3 is 11.5 Å². The van der Waals surface area contributed by atoms with Crippen LogP contribution in [0.5, 0.6) is 5.75 Å². The number of hydrogen-bond donors (Lipinski definition) is 1. The number of carbonyl (C=O) groups excluding carboxylic acids is 1. The fourth-order valence-electron chi connectivity index (χ4n) is 4.36. The summed E-state index contributed by atoms with van der Waals surface area (Å²) in [5.74, 6) is -1.28. The predicted octanol–water partition coefficient (Wildman–Crippen LogP) is 4.96. The molecule has 7 nitrogen and oxygen atoms in total. The minimum Gasteiger partial charge on any atom is -0.480 e. The summed E-state index contributed by atoms with van der Waals surface area (Å²) in [6.45, 7) is 3.84. The van der Waals surface area contributed by atoms with Crippen molar-refractivity contribution in [2.45, 2.75) is 44.3 Å². The van der Waals surface area contributed by atoms with Crippen molar-refractivity contribution in [3.05, 3.63) is 71.8 Å². The van der Waals surface area contributed by atoms with E-state index in [2.05, 4.69) is 14.7 Å². The number of carboxylic acids is 1. The molecule has 0 radical (unpaired) electrons. The first-order valence-electron chi connectivity index (χ1n) is 10.8. The van der Waals surface area contributed by atoms with Gasteiger partial charge in [-0.05, 0) is 49.2 Å². The summed E-state index contributed by atoms with van der Waals surface area (Å²) in [7, 11) is 0. The Morgan fingerprint density at radius 2 is 1.86 bits per heavy atom. The minimum atomic E-state index is -3.82. The lowest BCUT2D eigenvalue weighted by Gasteiger charge is -2.30. The zero-order valence-electron chi connectivity index (χ0n) is 18.9. The molecule has 2 heterocycles. The Morgan fingerprint density at radius 1 is 1.20 bits per heavy atom. The van der Waals surface area contributed by atoms with Crippen molar-refractivity contribution in [1.29, 1.82) is 0 Å². The number of ketones is 1. The van der Waals surface area contributed by atoms with Crippen LogP contribution in [0.25, 0.3) is 11.1 Å². The van der Waals surface area contributed by atoms with Crippen LogP contribution < -0.4 is 9.64 Å². The number of anilines is 1. The highest BCUT2D eigenvalue weighted by Gasteiger charge is 2.38. The molecule has 1 aliphatic rings. The number of ether oxygens (including phenoxy) is 1. The molecule has 0 aliphatic carbocycles. The van der Waals surface area contributed by atoms with Gasteiger partial charge in [0.1, 0.15) is 18.1 Å². The SMILES string of the molecule is CC(C)N1c2c(cc(C(=O)Cc3ccc(OC(F)(F)Cl)cc3)cc2-c2cncnc2)CC1C(=O)O. The average Bonchev–Trinajstić information content (AvgIpc) is 3.20. The molecule has 1 N–H and O–H groups in total. The molecule has 4 rings (SSSR count). The van der Waals surface area contributed by atoms with E-state index in [-0.39, 0.29) is 30.4 Å². The molecule has 10 heteroatoms. The Morgan fingerprint density at radius 3 is 2.43 bits per heavy atom. The van der Waals surface area contributed by atoms with Crippen LogP contribution in [0.15, 0.2) is 55.1 Å². The Bertz CT molecular complexity index is 1250. The van der Waals surface area contributed by atoms with Crippen molar-refractivity contribution in [3.63, 3.8) is 0 Å². The Hall–Kier alpha value is -3.59. The van der Waals surface area contributed by atoms with Gasteiger partial charge in [-0.2, -0.15) is 0 Å². The molecule has 2 aromatic carbocycles. The van der Waals surface area contributed by atoms with E-state index in [1.54, 1.807) is 24.5 Å². The maximum Gasteiger partial charge on any atom is 0.487 e. The van der Waals surface area contributed by atoms with E-state index in [1.807, 2.05) is 18.7 Å². The zero-order chi connectivity index (χ0) is 25.3. The van der Waals surface area contributed by atoms with Crippen molar-refractivity contribution in [3.8, 4) is 16.9 Å². The lowest BCUT2D eigenvalue weighted by molar-refractivity contribution is -0.138. The minimum absolute atomic E-state index is 0.0112. The van der Waals surface area contributed by atoms with Crippen LogP contribution in [0.1, 0.15) is 35.3 Å². The van der Waals surface area contributed by atoms with Crippen LogP contribution in [-0.2, 0) is 17.6 Å². The van der Waals surface area contributed by atoms with Crippen LogP contribution in [0.4, 0.5) is 14.5 Å². The Labute approximate surface area is 205 Å². The van der Waals surface area contributed by atoms with Crippen molar-refractivity contribution in [2.24, 2.45) is 0 Å². The molecule has 35 heavy (non-hydrogen) atoms. The maximum absolute atomic E-state index is 13.2. The van der Waals surface area contributed by atoms with Crippen molar-refractivity contribution < 1.29 is 28.2 Å². The van der Waals surface area contributed by atoms with E-state index in [9.17, 15) is 23.5 Å². The number of carbonyl (C=O) groups is 2. The summed E-state index contributed by atoms with van der Waals surface area (Å²) in [6.07, 6.45) is 4.90. The average molecular weight is 502 g/mol. The second kappa shape index (κ2) is 9.58. The molecular formula is C25H22ClF2N3O4. The molecule has 0 spiro atoms. The highest BCUT2D eigenvalue weighted by atomic mass is 35.5. The number of fused-ring (bicyclic) bond motifs is 1. The normalized spacial score (nSPS) is 15.3. The molecule has 0 bridgehead atoms. The number of Topliss-reactive ketones (excluding diaryl/α,β-unsaturated/α-hetero) is 1. The number of alkyl halides is 3. The van der Waals surface area contributed by atoms with Gasteiger partial charge in [0, 0.05) is 65.3 Å². The number of carboxylic acid groups (broad SMARTS) is 1. The first-order chi connectivity index (χ1) is 16.5. The molecule has 1 aromatic heterocycles. The molecule has 1 atom stereocenters. The van der Waals surface area contributed by atoms with Gasteiger partial charge in [0.05, 0.1) is 0 Å². The highest BCUT2D eigenvalue weighted by molar-refractivity contribution is 6.20. The van der Waals surface area contributed by atoms with Crippen LogP contribution in [0, 0.1) is 0 Å². The van der Waals surface area contributed by atoms with Gasteiger partial charge in [-0.3, -0.25) is 4.79 Å². The van der Waals surface area contributed by atoms with E-state index in [0.717, 1.165) is 11.3 Å². The molecule has 1 unspecified atom stereocenters. The molecule has 1 aliphatic heterocycles. The summed E-state index contributed by atoms with van der Waals surface area (Å²) in [4.78, 5) is 35.2. The number of nitrogens with zero attached hydrogens (tertiary/aromatic N) is 3. The number of aromatic nitrogens is 2. The second-order valence-electron chi connectivity index (χ2n) is 8.51. The summed E-state index contributed by atoms with van der Waals surface area (Å²) in [5, 5.41) is 9.83. The van der Waals surface area contributed by atoms with Crippen LogP contribution >= 0.6 is 11.6 Å². The molecule has 0 fully saturated rings. The lowest BCUT2D eigenvalue weighted by atomic mass is 9.94. The molecule has 0 saturated heterocycles. The number of hydrogen-bond acceptors (Lipinski definition) is 6. The standard InChI is InChI=1S/C25H22ClF2N3O4/c1-14(2)31-21(24(33)34)10-17-8-16(9-20(23(17)31)18-11-29-13-30-12-18)22(32)7-15-3-5-19(6-4-15)35-25(26,27)28/h3-6,8-9,11-14,21H,7,10H2,1-2H3,(H,33,34). The lowest BCUT2D eigenvalue weighted by Crippen LogP contribution is -2.43. The fraction of sp³-hybridized carbons (Fsp3) is 0.280. The monoisotopic (exact) mass is 501 g/mol. The third kappa shape index (κ3) is 5.40. The van der Waals surface area contributed by atoms with Gasteiger partial charge in [-0.25, -0.2) is 14.8 Å². The Kier molecular flexibility index (Phi) is 6.71. The Balaban J connectivity index is 1.70. The largest absolute Gasteiger partial charge is 0.487 e. The van der Waals surface area contributed by atoms with E-state index in [0.29, 0.717) is 22.3 Å². The molecule has 3 aromatic rings. The number of benzene rings is 2. The summed E-state index contributed by atoms with van der Waals surface area (Å²) < 4.78 is 29.9.